The van der Waals surface area contributed by atoms with E-state index in [1.165, 1.54) is 23.5 Å². The third-order valence-corrected chi connectivity index (χ3v) is 3.68. The van der Waals surface area contributed by atoms with Crippen molar-refractivity contribution in [3.8, 4) is 0 Å². The Bertz CT molecular complexity index is 582. The largest absolute Gasteiger partial charge is 0.472 e. The summed E-state index contributed by atoms with van der Waals surface area (Å²) in [6.45, 7) is 0. The number of nitrogens with one attached hydrogen (secondary N) is 1. The number of urea groups is 1. The number of imide groups is 2. The Morgan fingerprint density at radius 2 is 2.00 bits per heavy atom. The molecule has 3 rings (SSSR count). The van der Waals surface area contributed by atoms with Crippen molar-refractivity contribution in [2.24, 2.45) is 0 Å². The van der Waals surface area contributed by atoms with Crippen LogP contribution in [0.15, 0.2) is 28.6 Å². The normalized spacial score (nSPS) is 22.7. The first kappa shape index (κ1) is 12.7. The predicted molar refractivity (Wildman–Crippen MR) is 69.3 cm³/mol. The lowest BCUT2D eigenvalue weighted by Crippen LogP contribution is -2.57. The van der Waals surface area contributed by atoms with Gasteiger partial charge in [0, 0.05) is 11.6 Å². The van der Waals surface area contributed by atoms with E-state index < -0.39 is 17.8 Å². The molecule has 1 saturated carbocycles. The molecule has 2 fully saturated rings. The molecular formula is C14H14N2O4. The van der Waals surface area contributed by atoms with Crippen LogP contribution in [-0.4, -0.2) is 28.8 Å². The van der Waals surface area contributed by atoms with Crippen LogP contribution in [0, 0.1) is 0 Å². The van der Waals surface area contributed by atoms with E-state index in [4.69, 9.17) is 4.42 Å². The number of amides is 4. The van der Waals surface area contributed by atoms with Crippen LogP contribution in [0.1, 0.15) is 31.2 Å². The minimum Gasteiger partial charge on any atom is -0.472 e. The van der Waals surface area contributed by atoms with Crippen LogP contribution in [-0.2, 0) is 9.59 Å². The maximum atomic E-state index is 12.4. The number of carbonyl (C=O) groups excluding carboxylic acids is 3. The third-order valence-electron chi connectivity index (χ3n) is 3.68. The lowest BCUT2D eigenvalue weighted by atomic mass is 10.1. The molecule has 1 aliphatic carbocycles. The Morgan fingerprint density at radius 3 is 2.65 bits per heavy atom. The van der Waals surface area contributed by atoms with Gasteiger partial charge in [-0.2, -0.15) is 0 Å². The molecule has 0 bridgehead atoms. The lowest BCUT2D eigenvalue weighted by Gasteiger charge is -2.31. The molecule has 6 heteroatoms. The van der Waals surface area contributed by atoms with Crippen molar-refractivity contribution in [1.82, 2.24) is 10.2 Å². The summed E-state index contributed by atoms with van der Waals surface area (Å²) in [6.07, 6.45) is 7.92. The van der Waals surface area contributed by atoms with Crippen molar-refractivity contribution in [3.05, 3.63) is 29.7 Å². The van der Waals surface area contributed by atoms with Crippen molar-refractivity contribution in [1.29, 1.82) is 0 Å². The van der Waals surface area contributed by atoms with E-state index in [2.05, 4.69) is 5.32 Å². The van der Waals surface area contributed by atoms with Crippen LogP contribution in [0.4, 0.5) is 4.79 Å². The Hall–Kier alpha value is -2.37. The van der Waals surface area contributed by atoms with Gasteiger partial charge >= 0.3 is 6.03 Å². The summed E-state index contributed by atoms with van der Waals surface area (Å²) in [6, 6.07) is 0.920. The second-order valence-electron chi connectivity index (χ2n) is 4.99. The first-order chi connectivity index (χ1) is 9.66. The molecule has 0 unspecified atom stereocenters. The molecule has 0 spiro atoms. The molecular weight excluding hydrogens is 260 g/mol. The van der Waals surface area contributed by atoms with Gasteiger partial charge in [-0.05, 0) is 25.0 Å². The van der Waals surface area contributed by atoms with Crippen LogP contribution in [0.3, 0.4) is 0 Å². The minimum absolute atomic E-state index is 0.0297. The van der Waals surface area contributed by atoms with Gasteiger partial charge in [-0.3, -0.25) is 19.8 Å². The smallest absolute Gasteiger partial charge is 0.331 e. The van der Waals surface area contributed by atoms with Crippen molar-refractivity contribution in [2.45, 2.75) is 31.7 Å². The summed E-state index contributed by atoms with van der Waals surface area (Å²) in [7, 11) is 0. The SMILES string of the molecule is O=C1NC(=O)N(C2CCCC2)C(=O)/C1=C/c1ccoc1. The summed E-state index contributed by atoms with van der Waals surface area (Å²) >= 11 is 0. The molecule has 1 N–H and O–H groups in total. The fourth-order valence-corrected chi connectivity index (χ4v) is 2.69. The van der Waals surface area contributed by atoms with Crippen LogP contribution in [0.2, 0.25) is 0 Å². The van der Waals surface area contributed by atoms with E-state index in [1.54, 1.807) is 6.07 Å². The third kappa shape index (κ3) is 2.13. The molecule has 0 atom stereocenters. The Morgan fingerprint density at radius 1 is 1.25 bits per heavy atom. The predicted octanol–water partition coefficient (Wildman–Crippen LogP) is 1.68. The maximum absolute atomic E-state index is 12.4. The molecule has 1 saturated heterocycles. The Kier molecular flexibility index (Phi) is 3.14. The van der Waals surface area contributed by atoms with Gasteiger partial charge in [0.25, 0.3) is 11.8 Å². The van der Waals surface area contributed by atoms with E-state index in [0.717, 1.165) is 25.7 Å². The zero-order valence-electron chi connectivity index (χ0n) is 10.8. The summed E-state index contributed by atoms with van der Waals surface area (Å²) in [4.78, 5) is 37.3. The Labute approximate surface area is 115 Å². The fraction of sp³-hybridized carbons (Fsp3) is 0.357. The molecule has 20 heavy (non-hydrogen) atoms. The van der Waals surface area contributed by atoms with Gasteiger partial charge in [0.2, 0.25) is 0 Å². The molecule has 4 amide bonds. The number of barbiturate groups is 1. The van der Waals surface area contributed by atoms with Crippen LogP contribution >= 0.6 is 0 Å². The Balaban J connectivity index is 1.92. The van der Waals surface area contributed by atoms with Crippen LogP contribution in [0.25, 0.3) is 6.08 Å². The van der Waals surface area contributed by atoms with Crippen molar-refractivity contribution < 1.29 is 18.8 Å². The summed E-state index contributed by atoms with van der Waals surface area (Å²) in [5.74, 6) is -1.18. The van der Waals surface area contributed by atoms with Gasteiger partial charge in [0.05, 0.1) is 12.5 Å². The zero-order valence-corrected chi connectivity index (χ0v) is 10.8. The number of carbonyl (C=O) groups is 3. The van der Waals surface area contributed by atoms with Crippen molar-refractivity contribution in [3.63, 3.8) is 0 Å². The molecule has 1 aliphatic heterocycles. The van der Waals surface area contributed by atoms with Gasteiger partial charge in [-0.1, -0.05) is 12.8 Å². The topological polar surface area (TPSA) is 79.6 Å². The monoisotopic (exact) mass is 274 g/mol. The summed E-state index contributed by atoms with van der Waals surface area (Å²) < 4.78 is 4.91. The number of hydrogen-bond donors (Lipinski definition) is 1. The lowest BCUT2D eigenvalue weighted by molar-refractivity contribution is -0.131. The van der Waals surface area contributed by atoms with E-state index in [-0.39, 0.29) is 11.6 Å². The van der Waals surface area contributed by atoms with E-state index in [0.29, 0.717) is 5.56 Å². The number of nitrogens with zero attached hydrogens (tertiary/aromatic N) is 1. The van der Waals surface area contributed by atoms with E-state index >= 15 is 0 Å². The molecule has 2 heterocycles. The highest BCUT2D eigenvalue weighted by molar-refractivity contribution is 6.31. The van der Waals surface area contributed by atoms with E-state index in [1.807, 2.05) is 0 Å². The molecule has 1 aromatic heterocycles. The van der Waals surface area contributed by atoms with Gasteiger partial charge in [0.1, 0.15) is 5.57 Å². The van der Waals surface area contributed by atoms with Gasteiger partial charge < -0.3 is 4.42 Å². The highest BCUT2D eigenvalue weighted by Crippen LogP contribution is 2.27. The van der Waals surface area contributed by atoms with Gasteiger partial charge in [0.15, 0.2) is 0 Å². The van der Waals surface area contributed by atoms with Gasteiger partial charge in [-0.25, -0.2) is 4.79 Å². The molecule has 104 valence electrons. The molecule has 6 nitrogen and oxygen atoms in total. The number of rotatable bonds is 2. The zero-order chi connectivity index (χ0) is 14.1. The second kappa shape index (κ2) is 4.96. The van der Waals surface area contributed by atoms with Crippen LogP contribution in [0.5, 0.6) is 0 Å². The summed E-state index contributed by atoms with van der Waals surface area (Å²) in [5, 5.41) is 2.23. The van der Waals surface area contributed by atoms with E-state index in [9.17, 15) is 14.4 Å². The van der Waals surface area contributed by atoms with Crippen molar-refractivity contribution in [2.75, 3.05) is 0 Å². The van der Waals surface area contributed by atoms with Gasteiger partial charge in [-0.15, -0.1) is 0 Å². The second-order valence-corrected chi connectivity index (χ2v) is 4.99. The quantitative estimate of drug-likeness (QED) is 0.657. The molecule has 0 aromatic carbocycles. The van der Waals surface area contributed by atoms with Crippen LogP contribution < -0.4 is 5.32 Å². The highest BCUT2D eigenvalue weighted by Gasteiger charge is 2.40. The molecule has 2 aliphatic rings. The first-order valence-electron chi connectivity index (χ1n) is 6.59. The minimum atomic E-state index is -0.657. The first-order valence-corrected chi connectivity index (χ1v) is 6.59. The number of furan rings is 1. The average molecular weight is 274 g/mol. The average Bonchev–Trinajstić information content (AvgIpc) is 3.07. The molecule has 1 aromatic rings. The summed E-state index contributed by atoms with van der Waals surface area (Å²) in [5.41, 5.74) is 0.585. The highest BCUT2D eigenvalue weighted by atomic mass is 16.3. The van der Waals surface area contributed by atoms with Crippen molar-refractivity contribution >= 4 is 23.9 Å². The molecule has 0 radical (unpaired) electrons. The number of hydrogen-bond acceptors (Lipinski definition) is 4. The maximum Gasteiger partial charge on any atom is 0.331 e. The standard InChI is InChI=1S/C14H14N2O4/c17-12-11(7-9-5-6-20-8-9)13(18)16(14(19)15-12)10-3-1-2-4-10/h5-8,10H,1-4H2,(H,15,17,19)/b11-7+. The fourth-order valence-electron chi connectivity index (χ4n) is 2.69.